The molecule has 0 radical (unpaired) electrons. The molecule has 2 N–H and O–H groups in total. The lowest BCUT2D eigenvalue weighted by Crippen LogP contribution is -2.21. The molecule has 0 aromatic heterocycles. The van der Waals surface area contributed by atoms with Gasteiger partial charge in [0.25, 0.3) is 5.69 Å². The molecule has 0 aliphatic carbocycles. The summed E-state index contributed by atoms with van der Waals surface area (Å²) in [5.74, 6) is 0. The number of hydrogen-bond donors (Lipinski definition) is 2. The largest absolute Gasteiger partial charge is 0.394 e. The minimum atomic E-state index is -1.05. The van der Waals surface area contributed by atoms with Crippen LogP contribution in [0, 0.1) is 10.1 Å². The molecule has 0 fully saturated rings. The average molecular weight is 343 g/mol. The maximum atomic E-state index is 10.7. The number of aliphatic hydroxyl groups excluding tert-OH is 2. The first kappa shape index (κ1) is 18.6. The molecule has 2 aromatic rings. The highest BCUT2D eigenvalue weighted by Gasteiger charge is 2.19. The van der Waals surface area contributed by atoms with Gasteiger partial charge in [-0.15, -0.1) is 0 Å². The highest BCUT2D eigenvalue weighted by molar-refractivity contribution is 5.80. The van der Waals surface area contributed by atoms with Gasteiger partial charge in [0.15, 0.2) is 0 Å². The Morgan fingerprint density at radius 1 is 1.16 bits per heavy atom. The van der Waals surface area contributed by atoms with Crippen molar-refractivity contribution in [3.8, 4) is 0 Å². The fourth-order valence-corrected chi connectivity index (χ4v) is 2.28. The first-order valence-electron chi connectivity index (χ1n) is 7.76. The van der Waals surface area contributed by atoms with E-state index in [0.717, 1.165) is 11.3 Å². The zero-order valence-corrected chi connectivity index (χ0v) is 14.1. The van der Waals surface area contributed by atoms with Crippen LogP contribution in [-0.2, 0) is 0 Å². The molecule has 0 amide bonds. The van der Waals surface area contributed by atoms with E-state index in [1.807, 2.05) is 43.3 Å². The average Bonchev–Trinajstić information content (AvgIpc) is 2.62. The first-order valence-corrected chi connectivity index (χ1v) is 7.76. The normalized spacial score (nSPS) is 13.6. The molecule has 0 saturated heterocycles. The summed E-state index contributed by atoms with van der Waals surface area (Å²) < 4.78 is 0. The van der Waals surface area contributed by atoms with Crippen molar-refractivity contribution in [3.05, 3.63) is 69.8 Å². The van der Waals surface area contributed by atoms with Gasteiger partial charge in [-0.25, -0.2) is 0 Å². The van der Waals surface area contributed by atoms with Crippen molar-refractivity contribution >= 4 is 17.6 Å². The molecule has 0 aliphatic rings. The van der Waals surface area contributed by atoms with E-state index in [9.17, 15) is 20.3 Å². The van der Waals surface area contributed by atoms with Crippen molar-refractivity contribution in [1.82, 2.24) is 0 Å². The van der Waals surface area contributed by atoms with Crippen LogP contribution in [0.2, 0.25) is 0 Å². The van der Waals surface area contributed by atoms with E-state index < -0.39 is 17.1 Å². The first-order chi connectivity index (χ1) is 11.9. The van der Waals surface area contributed by atoms with Gasteiger partial charge in [-0.3, -0.25) is 15.1 Å². The number of nitro benzene ring substituents is 1. The van der Waals surface area contributed by atoms with E-state index >= 15 is 0 Å². The molecule has 0 heterocycles. The van der Waals surface area contributed by atoms with Crippen LogP contribution >= 0.6 is 0 Å². The van der Waals surface area contributed by atoms with E-state index in [1.54, 1.807) is 6.21 Å². The summed E-state index contributed by atoms with van der Waals surface area (Å²) in [7, 11) is 3.90. The highest BCUT2D eigenvalue weighted by atomic mass is 16.6. The topological polar surface area (TPSA) is 99.2 Å². The van der Waals surface area contributed by atoms with Crippen LogP contribution in [0.15, 0.2) is 53.5 Å². The fourth-order valence-electron chi connectivity index (χ4n) is 2.28. The number of rotatable bonds is 7. The van der Waals surface area contributed by atoms with Gasteiger partial charge in [0.2, 0.25) is 0 Å². The molecule has 0 unspecified atom stereocenters. The molecular formula is C18H21N3O4. The predicted octanol–water partition coefficient (Wildman–Crippen LogP) is 2.17. The molecule has 2 aromatic carbocycles. The third-order valence-electron chi connectivity index (χ3n) is 3.82. The molecule has 0 aliphatic heterocycles. The molecule has 2 rings (SSSR count). The number of aliphatic hydroxyl groups is 2. The van der Waals surface area contributed by atoms with Crippen molar-refractivity contribution in [1.29, 1.82) is 0 Å². The van der Waals surface area contributed by atoms with Gasteiger partial charge in [0.05, 0.1) is 11.5 Å². The van der Waals surface area contributed by atoms with Gasteiger partial charge in [0.1, 0.15) is 12.1 Å². The van der Waals surface area contributed by atoms with Gasteiger partial charge in [-0.1, -0.05) is 12.1 Å². The number of benzene rings is 2. The zero-order valence-electron chi connectivity index (χ0n) is 14.1. The minimum absolute atomic E-state index is 0.0546. The maximum absolute atomic E-state index is 10.7. The maximum Gasteiger partial charge on any atom is 0.269 e. The molecular weight excluding hydrogens is 322 g/mol. The van der Waals surface area contributed by atoms with Crippen molar-refractivity contribution in [2.24, 2.45) is 4.99 Å². The summed E-state index contributed by atoms with van der Waals surface area (Å²) in [6, 6.07) is 12.5. The Bertz CT molecular complexity index is 727. The van der Waals surface area contributed by atoms with E-state index in [-0.39, 0.29) is 12.3 Å². The summed E-state index contributed by atoms with van der Waals surface area (Å²) in [5.41, 5.74) is 2.31. The van der Waals surface area contributed by atoms with Crippen LogP contribution in [0.1, 0.15) is 17.2 Å². The van der Waals surface area contributed by atoms with Crippen molar-refractivity contribution < 1.29 is 15.1 Å². The quantitative estimate of drug-likeness (QED) is 0.456. The Morgan fingerprint density at radius 2 is 1.76 bits per heavy atom. The molecule has 0 bridgehead atoms. The van der Waals surface area contributed by atoms with E-state index in [4.69, 9.17) is 0 Å². The summed E-state index contributed by atoms with van der Waals surface area (Å²) in [6.07, 6.45) is 0.540. The standard InChI is InChI=1S/C18H21N3O4/c1-20(2)15-7-3-13(4-8-15)11-19-17(12-22)18(23)14-5-9-16(10-6-14)21(24)25/h3-11,17-18,22-23H,12H2,1-2H3/t17-,18-/m1/s1. The van der Waals surface area contributed by atoms with Gasteiger partial charge in [-0.2, -0.15) is 0 Å². The summed E-state index contributed by atoms with van der Waals surface area (Å²) in [4.78, 5) is 16.4. The summed E-state index contributed by atoms with van der Waals surface area (Å²) >= 11 is 0. The van der Waals surface area contributed by atoms with Gasteiger partial charge >= 0.3 is 0 Å². The fraction of sp³-hybridized carbons (Fsp3) is 0.278. The van der Waals surface area contributed by atoms with Crippen LogP contribution in [0.25, 0.3) is 0 Å². The van der Waals surface area contributed by atoms with Crippen LogP contribution in [0.4, 0.5) is 11.4 Å². The molecule has 7 heteroatoms. The molecule has 132 valence electrons. The van der Waals surface area contributed by atoms with Gasteiger partial charge < -0.3 is 15.1 Å². The Labute approximate surface area is 146 Å². The smallest absolute Gasteiger partial charge is 0.269 e. The monoisotopic (exact) mass is 343 g/mol. The lowest BCUT2D eigenvalue weighted by molar-refractivity contribution is -0.384. The molecule has 2 atom stereocenters. The second kappa shape index (κ2) is 8.36. The number of hydrogen-bond acceptors (Lipinski definition) is 6. The number of non-ortho nitro benzene ring substituents is 1. The van der Waals surface area contributed by atoms with Crippen molar-refractivity contribution in [2.75, 3.05) is 25.6 Å². The molecule has 25 heavy (non-hydrogen) atoms. The second-order valence-corrected chi connectivity index (χ2v) is 5.81. The summed E-state index contributed by atoms with van der Waals surface area (Å²) in [5, 5.41) is 30.5. The third-order valence-corrected chi connectivity index (χ3v) is 3.82. The van der Waals surface area contributed by atoms with Crippen LogP contribution in [0.5, 0.6) is 0 Å². The predicted molar refractivity (Wildman–Crippen MR) is 97.3 cm³/mol. The van der Waals surface area contributed by atoms with E-state index in [1.165, 1.54) is 24.3 Å². The SMILES string of the molecule is CN(C)c1ccc(C=N[C@H](CO)[C@H](O)c2ccc([N+](=O)[O-])cc2)cc1. The van der Waals surface area contributed by atoms with Gasteiger partial charge in [0, 0.05) is 38.1 Å². The molecule has 0 spiro atoms. The lowest BCUT2D eigenvalue weighted by atomic mass is 10.0. The van der Waals surface area contributed by atoms with E-state index in [0.29, 0.717) is 5.56 Å². The van der Waals surface area contributed by atoms with Crippen molar-refractivity contribution in [3.63, 3.8) is 0 Å². The highest BCUT2D eigenvalue weighted by Crippen LogP contribution is 2.22. The Morgan fingerprint density at radius 3 is 2.24 bits per heavy atom. The Hall–Kier alpha value is -2.77. The molecule has 0 saturated carbocycles. The number of nitro groups is 1. The molecule has 7 nitrogen and oxygen atoms in total. The van der Waals surface area contributed by atoms with Gasteiger partial charge in [-0.05, 0) is 35.4 Å². The Balaban J connectivity index is 2.11. The number of nitrogens with zero attached hydrogens (tertiary/aromatic N) is 3. The van der Waals surface area contributed by atoms with Crippen molar-refractivity contribution in [2.45, 2.75) is 12.1 Å². The zero-order chi connectivity index (χ0) is 18.4. The van der Waals surface area contributed by atoms with Crippen LogP contribution in [-0.4, -0.2) is 48.1 Å². The Kier molecular flexibility index (Phi) is 6.21. The van der Waals surface area contributed by atoms with Crippen LogP contribution in [0.3, 0.4) is 0 Å². The third kappa shape index (κ3) is 4.85. The number of aliphatic imine (C=N–C) groups is 1. The lowest BCUT2D eigenvalue weighted by Gasteiger charge is -2.17. The number of anilines is 1. The van der Waals surface area contributed by atoms with E-state index in [2.05, 4.69) is 4.99 Å². The minimum Gasteiger partial charge on any atom is -0.394 e. The summed E-state index contributed by atoms with van der Waals surface area (Å²) in [6.45, 7) is -0.343. The van der Waals surface area contributed by atoms with Crippen LogP contribution < -0.4 is 4.90 Å². The second-order valence-electron chi connectivity index (χ2n) is 5.81.